The summed E-state index contributed by atoms with van der Waals surface area (Å²) in [5.74, 6) is -0.0367. The Morgan fingerprint density at radius 3 is 2.81 bits per heavy atom. The van der Waals surface area contributed by atoms with Crippen LogP contribution in [-0.4, -0.2) is 12.1 Å². The molecule has 3 aromatic rings. The molecule has 21 heavy (non-hydrogen) atoms. The lowest BCUT2D eigenvalue weighted by atomic mass is 10.1. The summed E-state index contributed by atoms with van der Waals surface area (Å²) in [6.45, 7) is 3.87. The van der Waals surface area contributed by atoms with Crippen molar-refractivity contribution in [1.29, 1.82) is 0 Å². The van der Waals surface area contributed by atoms with E-state index >= 15 is 0 Å². The number of hydrazone groups is 1. The first-order chi connectivity index (χ1) is 10.2. The van der Waals surface area contributed by atoms with E-state index in [-0.39, 0.29) is 5.91 Å². The highest BCUT2D eigenvalue weighted by atomic mass is 32.1. The van der Waals surface area contributed by atoms with E-state index in [9.17, 15) is 4.79 Å². The second-order valence-corrected chi connectivity index (χ2v) is 5.67. The van der Waals surface area contributed by atoms with Crippen molar-refractivity contribution in [2.45, 2.75) is 13.8 Å². The highest BCUT2D eigenvalue weighted by Gasteiger charge is 2.16. The van der Waals surface area contributed by atoms with Crippen molar-refractivity contribution in [1.82, 2.24) is 5.43 Å². The van der Waals surface area contributed by atoms with Crippen molar-refractivity contribution < 1.29 is 9.21 Å². The Balaban J connectivity index is 1.80. The monoisotopic (exact) mass is 298 g/mol. The molecule has 3 rings (SSSR count). The molecule has 0 saturated heterocycles. The van der Waals surface area contributed by atoms with E-state index in [0.29, 0.717) is 11.3 Å². The van der Waals surface area contributed by atoms with Crippen molar-refractivity contribution >= 4 is 34.4 Å². The van der Waals surface area contributed by atoms with E-state index in [0.717, 1.165) is 21.4 Å². The van der Waals surface area contributed by atoms with Gasteiger partial charge in [0.2, 0.25) is 0 Å². The van der Waals surface area contributed by atoms with Gasteiger partial charge in [0, 0.05) is 15.8 Å². The number of hydrogen-bond acceptors (Lipinski definition) is 4. The maximum absolute atomic E-state index is 12.1. The van der Waals surface area contributed by atoms with E-state index in [1.807, 2.05) is 49.6 Å². The number of hydrogen-bond donors (Lipinski definition) is 1. The molecule has 0 atom stereocenters. The number of fused-ring (bicyclic) bond motifs is 1. The molecule has 1 N–H and O–H groups in total. The zero-order valence-corrected chi connectivity index (χ0v) is 12.5. The minimum absolute atomic E-state index is 0.302. The lowest BCUT2D eigenvalue weighted by molar-refractivity contribution is 0.0929. The first-order valence-corrected chi connectivity index (χ1v) is 7.40. The van der Waals surface area contributed by atoms with Gasteiger partial charge >= 0.3 is 5.91 Å². The fraction of sp³-hybridized carbons (Fsp3) is 0.125. The number of amides is 1. The van der Waals surface area contributed by atoms with Gasteiger partial charge in [0.05, 0.1) is 6.21 Å². The smallest absolute Gasteiger partial charge is 0.307 e. The summed E-state index contributed by atoms with van der Waals surface area (Å²) in [7, 11) is 0. The van der Waals surface area contributed by atoms with Crippen molar-refractivity contribution in [2.24, 2.45) is 5.10 Å². The van der Waals surface area contributed by atoms with Gasteiger partial charge in [-0.05, 0) is 36.9 Å². The van der Waals surface area contributed by atoms with Crippen molar-refractivity contribution in [2.75, 3.05) is 0 Å². The minimum atomic E-state index is -0.339. The van der Waals surface area contributed by atoms with Gasteiger partial charge in [0.1, 0.15) is 5.58 Å². The molecule has 2 heterocycles. The van der Waals surface area contributed by atoms with Crippen LogP contribution in [0.2, 0.25) is 0 Å². The van der Waals surface area contributed by atoms with Crippen LogP contribution in [0.5, 0.6) is 0 Å². The average Bonchev–Trinajstić information content (AvgIpc) is 3.04. The lowest BCUT2D eigenvalue weighted by Crippen LogP contribution is -2.17. The molecule has 1 aromatic carbocycles. The minimum Gasteiger partial charge on any atom is -0.451 e. The Morgan fingerprint density at radius 2 is 2.10 bits per heavy atom. The summed E-state index contributed by atoms with van der Waals surface area (Å²) in [4.78, 5) is 13.2. The summed E-state index contributed by atoms with van der Waals surface area (Å²) in [6.07, 6.45) is 1.65. The molecule has 0 aliphatic heterocycles. The summed E-state index contributed by atoms with van der Waals surface area (Å²) >= 11 is 1.58. The number of nitrogens with zero attached hydrogens (tertiary/aromatic N) is 1. The van der Waals surface area contributed by atoms with Gasteiger partial charge in [-0.25, -0.2) is 5.43 Å². The highest BCUT2D eigenvalue weighted by Crippen LogP contribution is 2.24. The number of thiophene rings is 1. The molecule has 0 fully saturated rings. The Hall–Kier alpha value is -2.40. The van der Waals surface area contributed by atoms with Gasteiger partial charge in [-0.3, -0.25) is 4.79 Å². The van der Waals surface area contributed by atoms with Gasteiger partial charge in [0.15, 0.2) is 5.76 Å². The second-order valence-electron chi connectivity index (χ2n) is 4.72. The fourth-order valence-electron chi connectivity index (χ4n) is 2.11. The lowest BCUT2D eigenvalue weighted by Gasteiger charge is -1.97. The number of aryl methyl sites for hydroxylation is 2. The normalized spacial score (nSPS) is 11.3. The number of carbonyl (C=O) groups is 1. The third-order valence-electron chi connectivity index (χ3n) is 3.30. The van der Waals surface area contributed by atoms with E-state index in [1.54, 1.807) is 17.6 Å². The van der Waals surface area contributed by atoms with Crippen molar-refractivity contribution in [3.05, 3.63) is 57.5 Å². The maximum Gasteiger partial charge on any atom is 0.307 e. The number of para-hydroxylation sites is 1. The van der Waals surface area contributed by atoms with Gasteiger partial charge in [-0.2, -0.15) is 5.10 Å². The Kier molecular flexibility index (Phi) is 3.58. The topological polar surface area (TPSA) is 54.6 Å². The van der Waals surface area contributed by atoms with Gasteiger partial charge in [0.25, 0.3) is 0 Å². The molecule has 0 spiro atoms. The molecule has 0 aliphatic carbocycles. The van der Waals surface area contributed by atoms with Crippen LogP contribution >= 0.6 is 11.3 Å². The molecule has 2 aromatic heterocycles. The predicted molar refractivity (Wildman–Crippen MR) is 85.1 cm³/mol. The number of rotatable bonds is 3. The molecule has 106 valence electrons. The van der Waals surface area contributed by atoms with Crippen LogP contribution in [-0.2, 0) is 0 Å². The maximum atomic E-state index is 12.1. The largest absolute Gasteiger partial charge is 0.451 e. The molecule has 0 bridgehead atoms. The number of carbonyl (C=O) groups excluding carboxylic acids is 1. The van der Waals surface area contributed by atoms with Gasteiger partial charge in [-0.1, -0.05) is 18.2 Å². The average molecular weight is 298 g/mol. The SMILES string of the molecule is Cc1ccsc1/C=N\NC(=O)c1oc2ccccc2c1C. The van der Waals surface area contributed by atoms with Crippen LogP contribution in [0.4, 0.5) is 0 Å². The van der Waals surface area contributed by atoms with Crippen molar-refractivity contribution in [3.8, 4) is 0 Å². The second kappa shape index (κ2) is 5.54. The summed E-state index contributed by atoms with van der Waals surface area (Å²) in [5, 5.41) is 6.92. The van der Waals surface area contributed by atoms with Crippen LogP contribution in [0.1, 0.15) is 26.6 Å². The number of benzene rings is 1. The first-order valence-electron chi connectivity index (χ1n) is 6.52. The van der Waals surface area contributed by atoms with Crippen LogP contribution in [0.15, 0.2) is 45.2 Å². The zero-order valence-electron chi connectivity index (χ0n) is 11.7. The zero-order chi connectivity index (χ0) is 14.8. The molecule has 0 aliphatic rings. The molecule has 1 amide bonds. The standard InChI is InChI=1S/C16H14N2O2S/c1-10-7-8-21-14(10)9-17-18-16(19)15-11(2)12-5-3-4-6-13(12)20-15/h3-9H,1-2H3,(H,18,19)/b17-9-. The predicted octanol–water partition coefficient (Wildman–Crippen LogP) is 3.88. The number of furan rings is 1. The fourth-order valence-corrected chi connectivity index (χ4v) is 2.89. The molecule has 0 radical (unpaired) electrons. The Morgan fingerprint density at radius 1 is 1.29 bits per heavy atom. The molecular formula is C16H14N2O2S. The molecule has 5 heteroatoms. The quantitative estimate of drug-likeness (QED) is 0.589. The van der Waals surface area contributed by atoms with E-state index in [1.165, 1.54) is 0 Å². The van der Waals surface area contributed by atoms with E-state index in [4.69, 9.17) is 4.42 Å². The van der Waals surface area contributed by atoms with Crippen LogP contribution in [0.25, 0.3) is 11.0 Å². The third kappa shape index (κ3) is 2.60. The van der Waals surface area contributed by atoms with Crippen LogP contribution in [0.3, 0.4) is 0 Å². The third-order valence-corrected chi connectivity index (χ3v) is 4.25. The summed E-state index contributed by atoms with van der Waals surface area (Å²) < 4.78 is 5.59. The van der Waals surface area contributed by atoms with Crippen molar-refractivity contribution in [3.63, 3.8) is 0 Å². The summed E-state index contributed by atoms with van der Waals surface area (Å²) in [6, 6.07) is 9.59. The number of nitrogens with one attached hydrogen (secondary N) is 1. The van der Waals surface area contributed by atoms with Crippen LogP contribution in [0, 0.1) is 13.8 Å². The first kappa shape index (κ1) is 13.6. The van der Waals surface area contributed by atoms with Crippen LogP contribution < -0.4 is 5.43 Å². The Labute approximate surface area is 126 Å². The van der Waals surface area contributed by atoms with E-state index < -0.39 is 0 Å². The van der Waals surface area contributed by atoms with Gasteiger partial charge in [-0.15, -0.1) is 11.3 Å². The van der Waals surface area contributed by atoms with Gasteiger partial charge < -0.3 is 4.42 Å². The van der Waals surface area contributed by atoms with E-state index in [2.05, 4.69) is 10.5 Å². The molecular weight excluding hydrogens is 284 g/mol. The molecule has 0 saturated carbocycles. The Bertz CT molecular complexity index is 830. The molecule has 0 unspecified atom stereocenters. The highest BCUT2D eigenvalue weighted by molar-refractivity contribution is 7.11. The summed E-state index contributed by atoms with van der Waals surface area (Å²) in [5.41, 5.74) is 5.18. The molecule has 4 nitrogen and oxygen atoms in total.